The van der Waals surface area contributed by atoms with Gasteiger partial charge in [-0.3, -0.25) is 9.10 Å². The lowest BCUT2D eigenvalue weighted by atomic mass is 10.1. The highest BCUT2D eigenvalue weighted by Gasteiger charge is 2.28. The second-order valence-corrected chi connectivity index (χ2v) is 9.83. The number of nitrogens with zero attached hydrogens (tertiary/aromatic N) is 2. The molecular formula is C23H25N3O3S2. The number of nitrogens with one attached hydrogen (secondary N) is 1. The molecule has 3 rings (SSSR count). The van der Waals surface area contributed by atoms with E-state index in [2.05, 4.69) is 10.5 Å². The van der Waals surface area contributed by atoms with E-state index >= 15 is 0 Å². The van der Waals surface area contributed by atoms with Gasteiger partial charge in [0.2, 0.25) is 0 Å². The second kappa shape index (κ2) is 9.89. The van der Waals surface area contributed by atoms with E-state index in [1.54, 1.807) is 43.3 Å². The van der Waals surface area contributed by atoms with Crippen molar-refractivity contribution >= 4 is 38.7 Å². The Morgan fingerprint density at radius 3 is 2.42 bits per heavy atom. The topological polar surface area (TPSA) is 78.8 Å². The molecule has 0 radical (unpaired) electrons. The first kappa shape index (κ1) is 22.7. The first-order valence-electron chi connectivity index (χ1n) is 9.87. The maximum atomic E-state index is 13.5. The van der Waals surface area contributed by atoms with Crippen molar-refractivity contribution in [3.63, 3.8) is 0 Å². The van der Waals surface area contributed by atoms with Crippen molar-refractivity contribution < 1.29 is 13.2 Å². The number of carbonyl (C=O) groups is 1. The number of anilines is 1. The molecule has 0 aliphatic carbocycles. The van der Waals surface area contributed by atoms with Crippen LogP contribution in [0.2, 0.25) is 0 Å². The van der Waals surface area contributed by atoms with Gasteiger partial charge < -0.3 is 0 Å². The fraction of sp³-hybridized carbons (Fsp3) is 0.217. The van der Waals surface area contributed by atoms with Crippen LogP contribution in [0.1, 0.15) is 29.9 Å². The Labute approximate surface area is 187 Å². The molecule has 0 aliphatic heterocycles. The number of benzene rings is 2. The third-order valence-corrected chi connectivity index (χ3v) is 7.52. The molecule has 0 unspecified atom stereocenters. The van der Waals surface area contributed by atoms with Gasteiger partial charge in [-0.15, -0.1) is 11.3 Å². The fourth-order valence-electron chi connectivity index (χ4n) is 3.04. The number of hydrogen-bond acceptors (Lipinski definition) is 5. The summed E-state index contributed by atoms with van der Waals surface area (Å²) in [6.07, 6.45) is 0.632. The van der Waals surface area contributed by atoms with Gasteiger partial charge in [0.05, 0.1) is 16.3 Å². The largest absolute Gasteiger partial charge is 0.271 e. The van der Waals surface area contributed by atoms with Crippen molar-refractivity contribution in [1.29, 1.82) is 0 Å². The van der Waals surface area contributed by atoms with E-state index < -0.39 is 15.9 Å². The molecule has 6 nitrogen and oxygen atoms in total. The van der Waals surface area contributed by atoms with Crippen molar-refractivity contribution in [2.75, 3.05) is 10.8 Å². The Bertz CT molecular complexity index is 1170. The molecule has 162 valence electrons. The smallest absolute Gasteiger partial charge is 0.264 e. The van der Waals surface area contributed by atoms with E-state index in [1.165, 1.54) is 11.3 Å². The molecule has 1 N–H and O–H groups in total. The van der Waals surface area contributed by atoms with Gasteiger partial charge in [-0.25, -0.2) is 13.8 Å². The van der Waals surface area contributed by atoms with Crippen LogP contribution < -0.4 is 9.73 Å². The van der Waals surface area contributed by atoms with E-state index in [1.807, 2.05) is 43.5 Å². The number of aryl methyl sites for hydroxylation is 2. The standard InChI is InChI=1S/C23H25N3O3S2/c1-4-19-8-5-6-9-21(19)26(31(28,29)20-13-11-17(2)12-14-20)16-23(27)25-24-18(3)22-10-7-15-30-22/h5-15H,4,16H2,1-3H3,(H,25,27)/b24-18-. The molecule has 0 saturated heterocycles. The monoisotopic (exact) mass is 455 g/mol. The molecule has 1 amide bonds. The first-order valence-corrected chi connectivity index (χ1v) is 12.2. The summed E-state index contributed by atoms with van der Waals surface area (Å²) in [5, 5.41) is 6.05. The summed E-state index contributed by atoms with van der Waals surface area (Å²) >= 11 is 1.51. The van der Waals surface area contributed by atoms with Crippen molar-refractivity contribution in [3.05, 3.63) is 82.0 Å². The molecule has 0 atom stereocenters. The minimum Gasteiger partial charge on any atom is -0.271 e. The summed E-state index contributed by atoms with van der Waals surface area (Å²) in [5.74, 6) is -0.516. The molecular weight excluding hydrogens is 430 g/mol. The van der Waals surface area contributed by atoms with E-state index in [4.69, 9.17) is 0 Å². The first-order chi connectivity index (χ1) is 14.8. The predicted octanol–water partition coefficient (Wildman–Crippen LogP) is 4.35. The number of thiophene rings is 1. The lowest BCUT2D eigenvalue weighted by Crippen LogP contribution is -2.40. The lowest BCUT2D eigenvalue weighted by Gasteiger charge is -2.26. The SMILES string of the molecule is CCc1ccccc1N(CC(=O)N/N=C(/C)c1cccs1)S(=O)(=O)c1ccc(C)cc1. The zero-order chi connectivity index (χ0) is 22.4. The van der Waals surface area contributed by atoms with Crippen LogP contribution in [-0.4, -0.2) is 26.6 Å². The summed E-state index contributed by atoms with van der Waals surface area (Å²) in [7, 11) is -3.95. The Morgan fingerprint density at radius 1 is 1.06 bits per heavy atom. The second-order valence-electron chi connectivity index (χ2n) is 7.02. The molecule has 0 fully saturated rings. The summed E-state index contributed by atoms with van der Waals surface area (Å²) in [5.41, 5.74) is 5.43. The molecule has 8 heteroatoms. The highest BCUT2D eigenvalue weighted by Crippen LogP contribution is 2.27. The Balaban J connectivity index is 1.93. The maximum absolute atomic E-state index is 13.5. The van der Waals surface area contributed by atoms with Crippen LogP contribution >= 0.6 is 11.3 Å². The molecule has 0 bridgehead atoms. The molecule has 0 spiro atoms. The van der Waals surface area contributed by atoms with Crippen molar-refractivity contribution in [3.8, 4) is 0 Å². The number of para-hydroxylation sites is 1. The summed E-state index contributed by atoms with van der Waals surface area (Å²) in [4.78, 5) is 13.8. The highest BCUT2D eigenvalue weighted by molar-refractivity contribution is 7.92. The van der Waals surface area contributed by atoms with Crippen LogP contribution in [0.3, 0.4) is 0 Å². The normalized spacial score (nSPS) is 11.9. The van der Waals surface area contributed by atoms with Crippen LogP contribution in [-0.2, 0) is 21.2 Å². The minimum atomic E-state index is -3.95. The van der Waals surface area contributed by atoms with Crippen LogP contribution in [0.15, 0.2) is 76.0 Å². The van der Waals surface area contributed by atoms with Gasteiger partial charge in [0.1, 0.15) is 6.54 Å². The highest BCUT2D eigenvalue weighted by atomic mass is 32.2. The van der Waals surface area contributed by atoms with Gasteiger partial charge in [-0.05, 0) is 55.5 Å². The Hall–Kier alpha value is -2.97. The van der Waals surface area contributed by atoms with E-state index in [0.29, 0.717) is 17.8 Å². The summed E-state index contributed by atoms with van der Waals surface area (Å²) < 4.78 is 28.1. The Kier molecular flexibility index (Phi) is 7.25. The average molecular weight is 456 g/mol. The van der Waals surface area contributed by atoms with Gasteiger partial charge in [0.15, 0.2) is 0 Å². The number of sulfonamides is 1. The molecule has 31 heavy (non-hydrogen) atoms. The maximum Gasteiger partial charge on any atom is 0.264 e. The van der Waals surface area contributed by atoms with Crippen molar-refractivity contribution in [2.45, 2.75) is 32.1 Å². The third kappa shape index (κ3) is 5.39. The van der Waals surface area contributed by atoms with E-state index in [9.17, 15) is 13.2 Å². The zero-order valence-electron chi connectivity index (χ0n) is 17.7. The third-order valence-electron chi connectivity index (χ3n) is 4.76. The number of rotatable bonds is 8. The summed E-state index contributed by atoms with van der Waals surface area (Å²) in [6.45, 7) is 5.25. The Morgan fingerprint density at radius 2 is 1.77 bits per heavy atom. The molecule has 1 aromatic heterocycles. The van der Waals surface area contributed by atoms with Crippen molar-refractivity contribution in [2.24, 2.45) is 5.10 Å². The van der Waals surface area contributed by atoms with Crippen LogP contribution in [0.4, 0.5) is 5.69 Å². The van der Waals surface area contributed by atoms with Crippen LogP contribution in [0.25, 0.3) is 0 Å². The molecule has 0 aliphatic rings. The summed E-state index contributed by atoms with van der Waals surface area (Å²) in [6, 6.07) is 17.6. The zero-order valence-corrected chi connectivity index (χ0v) is 19.3. The number of hydrogen-bond donors (Lipinski definition) is 1. The molecule has 1 heterocycles. The van der Waals surface area contributed by atoms with E-state index in [-0.39, 0.29) is 11.4 Å². The number of carbonyl (C=O) groups excluding carboxylic acids is 1. The van der Waals surface area contributed by atoms with Crippen molar-refractivity contribution in [1.82, 2.24) is 5.43 Å². The predicted molar refractivity (Wildman–Crippen MR) is 126 cm³/mol. The fourth-order valence-corrected chi connectivity index (χ4v) is 5.18. The number of amides is 1. The molecule has 3 aromatic rings. The molecule has 2 aromatic carbocycles. The van der Waals surface area contributed by atoms with Gasteiger partial charge >= 0.3 is 0 Å². The van der Waals surface area contributed by atoms with Gasteiger partial charge in [-0.2, -0.15) is 5.10 Å². The quantitative estimate of drug-likeness (QED) is 0.405. The minimum absolute atomic E-state index is 0.134. The van der Waals surface area contributed by atoms with E-state index in [0.717, 1.165) is 20.3 Å². The number of hydrazone groups is 1. The van der Waals surface area contributed by atoms with Gasteiger partial charge in [0.25, 0.3) is 15.9 Å². The molecule has 0 saturated carbocycles. The van der Waals surface area contributed by atoms with Crippen LogP contribution in [0.5, 0.6) is 0 Å². The lowest BCUT2D eigenvalue weighted by molar-refractivity contribution is -0.119. The van der Waals surface area contributed by atoms with Crippen LogP contribution in [0, 0.1) is 6.92 Å². The van der Waals surface area contributed by atoms with Gasteiger partial charge in [0, 0.05) is 4.88 Å². The average Bonchev–Trinajstić information content (AvgIpc) is 3.31. The van der Waals surface area contributed by atoms with Gasteiger partial charge in [-0.1, -0.05) is 48.9 Å².